The first-order valence-electron chi connectivity index (χ1n) is 8.53. The summed E-state index contributed by atoms with van der Waals surface area (Å²) in [5.41, 5.74) is 5.14. The summed E-state index contributed by atoms with van der Waals surface area (Å²) in [5, 5.41) is 2.27. The first-order chi connectivity index (χ1) is 13.6. The molecule has 0 saturated carbocycles. The molecule has 7 heteroatoms. The van der Waals surface area contributed by atoms with E-state index >= 15 is 0 Å². The minimum atomic E-state index is -0.457. The van der Waals surface area contributed by atoms with Crippen LogP contribution >= 0.6 is 11.8 Å². The zero-order valence-electron chi connectivity index (χ0n) is 15.5. The lowest BCUT2D eigenvalue weighted by Gasteiger charge is -2.10. The van der Waals surface area contributed by atoms with E-state index in [1.807, 2.05) is 42.5 Å². The highest BCUT2D eigenvalue weighted by Crippen LogP contribution is 2.24. The summed E-state index contributed by atoms with van der Waals surface area (Å²) in [4.78, 5) is 25.3. The molecule has 0 aliphatic heterocycles. The summed E-state index contributed by atoms with van der Waals surface area (Å²) in [7, 11) is 3.00. The number of hydrazine groups is 1. The molecule has 2 amide bonds. The number of amides is 2. The van der Waals surface area contributed by atoms with Crippen molar-refractivity contribution >= 4 is 34.3 Å². The second-order valence-electron chi connectivity index (χ2n) is 5.90. The molecule has 0 heterocycles. The smallest absolute Gasteiger partial charge is 0.269 e. The lowest BCUT2D eigenvalue weighted by Crippen LogP contribution is -2.42. The average molecular weight is 396 g/mol. The molecule has 3 aromatic rings. The lowest BCUT2D eigenvalue weighted by molar-refractivity contribution is -0.119. The van der Waals surface area contributed by atoms with Crippen molar-refractivity contribution in [1.82, 2.24) is 10.9 Å². The fraction of sp³-hybridized carbons (Fsp3) is 0.143. The number of fused-ring (bicyclic) bond motifs is 1. The number of methoxy groups -OCH3 is 2. The SMILES string of the molecule is COc1cc(OC)cc(C(=O)NNC(=O)CSc2ccc3ccccc3c2)c1. The Morgan fingerprint density at radius 2 is 1.54 bits per heavy atom. The maximum Gasteiger partial charge on any atom is 0.269 e. The van der Waals surface area contributed by atoms with Crippen LogP contribution in [0.1, 0.15) is 10.4 Å². The van der Waals surface area contributed by atoms with Crippen molar-refractivity contribution < 1.29 is 19.1 Å². The second kappa shape index (κ2) is 9.14. The van der Waals surface area contributed by atoms with Crippen molar-refractivity contribution in [3.63, 3.8) is 0 Å². The van der Waals surface area contributed by atoms with Gasteiger partial charge in [-0.1, -0.05) is 30.3 Å². The highest BCUT2D eigenvalue weighted by Gasteiger charge is 2.11. The van der Waals surface area contributed by atoms with E-state index in [0.717, 1.165) is 15.7 Å². The van der Waals surface area contributed by atoms with Gasteiger partial charge < -0.3 is 9.47 Å². The predicted octanol–water partition coefficient (Wildman–Crippen LogP) is 3.41. The lowest BCUT2D eigenvalue weighted by atomic mass is 10.1. The van der Waals surface area contributed by atoms with Gasteiger partial charge in [-0.3, -0.25) is 20.4 Å². The van der Waals surface area contributed by atoms with Gasteiger partial charge in [0.05, 0.1) is 20.0 Å². The van der Waals surface area contributed by atoms with Crippen molar-refractivity contribution in [3.8, 4) is 11.5 Å². The number of carbonyl (C=O) groups excluding carboxylic acids is 2. The summed E-state index contributed by atoms with van der Waals surface area (Å²) in [6, 6.07) is 18.9. The van der Waals surface area contributed by atoms with Gasteiger partial charge in [0.1, 0.15) is 11.5 Å². The van der Waals surface area contributed by atoms with E-state index in [1.54, 1.807) is 18.2 Å². The third-order valence-electron chi connectivity index (χ3n) is 4.02. The fourth-order valence-electron chi connectivity index (χ4n) is 2.58. The molecule has 144 valence electrons. The second-order valence-corrected chi connectivity index (χ2v) is 6.95. The average Bonchev–Trinajstić information content (AvgIpc) is 2.75. The number of benzene rings is 3. The maximum atomic E-state index is 12.3. The van der Waals surface area contributed by atoms with Crippen LogP contribution in [0.4, 0.5) is 0 Å². The Kier molecular flexibility index (Phi) is 6.39. The number of carbonyl (C=O) groups is 2. The van der Waals surface area contributed by atoms with E-state index in [9.17, 15) is 9.59 Å². The quantitative estimate of drug-likeness (QED) is 0.493. The first-order valence-corrected chi connectivity index (χ1v) is 9.51. The number of thioether (sulfide) groups is 1. The van der Waals surface area contributed by atoms with Crippen LogP contribution in [0, 0.1) is 0 Å². The van der Waals surface area contributed by atoms with Gasteiger partial charge in [-0.2, -0.15) is 0 Å². The molecular weight excluding hydrogens is 376 g/mol. The zero-order chi connectivity index (χ0) is 19.9. The molecule has 0 saturated heterocycles. The predicted molar refractivity (Wildman–Crippen MR) is 110 cm³/mol. The van der Waals surface area contributed by atoms with Gasteiger partial charge in [-0.15, -0.1) is 11.8 Å². The van der Waals surface area contributed by atoms with Crippen LogP contribution in [0.5, 0.6) is 11.5 Å². The van der Waals surface area contributed by atoms with Crippen molar-refractivity contribution in [1.29, 1.82) is 0 Å². The molecule has 28 heavy (non-hydrogen) atoms. The molecule has 0 aromatic heterocycles. The van der Waals surface area contributed by atoms with Crippen LogP contribution in [0.25, 0.3) is 10.8 Å². The van der Waals surface area contributed by atoms with E-state index < -0.39 is 5.91 Å². The first kappa shape index (κ1) is 19.6. The topological polar surface area (TPSA) is 76.7 Å². The third-order valence-corrected chi connectivity index (χ3v) is 5.01. The molecule has 0 aliphatic rings. The van der Waals surface area contributed by atoms with Crippen LogP contribution in [-0.2, 0) is 4.79 Å². The number of hydrogen-bond donors (Lipinski definition) is 2. The molecule has 3 rings (SSSR count). The molecule has 0 unspecified atom stereocenters. The highest BCUT2D eigenvalue weighted by atomic mass is 32.2. The van der Waals surface area contributed by atoms with E-state index in [4.69, 9.17) is 9.47 Å². The van der Waals surface area contributed by atoms with Crippen molar-refractivity contribution in [2.75, 3.05) is 20.0 Å². The summed E-state index contributed by atoms with van der Waals surface area (Å²) in [6.45, 7) is 0. The van der Waals surface area contributed by atoms with Gasteiger partial charge >= 0.3 is 0 Å². The minimum Gasteiger partial charge on any atom is -0.497 e. The molecule has 0 aliphatic carbocycles. The van der Waals surface area contributed by atoms with Gasteiger partial charge in [0.15, 0.2) is 0 Å². The summed E-state index contributed by atoms with van der Waals surface area (Å²) in [6.07, 6.45) is 0. The number of hydrogen-bond acceptors (Lipinski definition) is 5. The Morgan fingerprint density at radius 1 is 0.857 bits per heavy atom. The van der Waals surface area contributed by atoms with E-state index in [-0.39, 0.29) is 11.7 Å². The fourth-order valence-corrected chi connectivity index (χ4v) is 3.32. The van der Waals surface area contributed by atoms with Crippen molar-refractivity contribution in [2.24, 2.45) is 0 Å². The number of rotatable bonds is 6. The molecule has 2 N–H and O–H groups in total. The van der Waals surface area contributed by atoms with E-state index in [1.165, 1.54) is 26.0 Å². The van der Waals surface area contributed by atoms with Gasteiger partial charge in [-0.05, 0) is 35.0 Å². The Hall–Kier alpha value is -3.19. The number of ether oxygens (including phenoxy) is 2. The highest BCUT2D eigenvalue weighted by molar-refractivity contribution is 8.00. The summed E-state index contributed by atoms with van der Waals surface area (Å²) >= 11 is 1.40. The molecular formula is C21H20N2O4S. The van der Waals surface area contributed by atoms with Gasteiger partial charge in [0, 0.05) is 16.5 Å². The molecule has 0 spiro atoms. The Balaban J connectivity index is 1.54. The van der Waals surface area contributed by atoms with E-state index in [2.05, 4.69) is 10.9 Å². The van der Waals surface area contributed by atoms with Gasteiger partial charge in [-0.25, -0.2) is 0 Å². The van der Waals surface area contributed by atoms with Crippen LogP contribution < -0.4 is 20.3 Å². The third kappa shape index (κ3) is 4.95. The monoisotopic (exact) mass is 396 g/mol. The Labute approximate surface area is 167 Å². The molecule has 0 atom stereocenters. The normalized spacial score (nSPS) is 10.4. The standard InChI is InChI=1S/C21H20N2O4S/c1-26-17-9-16(10-18(12-17)27-2)21(25)23-22-20(24)13-28-19-8-7-14-5-3-4-6-15(14)11-19/h3-12H,13H2,1-2H3,(H,22,24)(H,23,25). The summed E-state index contributed by atoms with van der Waals surface area (Å²) < 4.78 is 10.3. The van der Waals surface area contributed by atoms with Gasteiger partial charge in [0.2, 0.25) is 5.91 Å². The Bertz CT molecular complexity index is 984. The zero-order valence-corrected chi connectivity index (χ0v) is 16.3. The van der Waals surface area contributed by atoms with Gasteiger partial charge in [0.25, 0.3) is 5.91 Å². The van der Waals surface area contributed by atoms with Crippen LogP contribution in [0.15, 0.2) is 65.6 Å². The van der Waals surface area contributed by atoms with Crippen LogP contribution in [-0.4, -0.2) is 31.8 Å². The van der Waals surface area contributed by atoms with Crippen molar-refractivity contribution in [2.45, 2.75) is 4.90 Å². The molecule has 0 bridgehead atoms. The molecule has 0 radical (unpaired) electrons. The summed E-state index contributed by atoms with van der Waals surface area (Å²) in [5.74, 6) is 0.396. The number of nitrogens with one attached hydrogen (secondary N) is 2. The molecule has 0 fully saturated rings. The van der Waals surface area contributed by atoms with Crippen molar-refractivity contribution in [3.05, 3.63) is 66.2 Å². The largest absolute Gasteiger partial charge is 0.497 e. The maximum absolute atomic E-state index is 12.3. The van der Waals surface area contributed by atoms with Crippen LogP contribution in [0.2, 0.25) is 0 Å². The molecule has 6 nitrogen and oxygen atoms in total. The Morgan fingerprint density at radius 3 is 2.21 bits per heavy atom. The van der Waals surface area contributed by atoms with Crippen LogP contribution in [0.3, 0.4) is 0 Å². The molecule has 3 aromatic carbocycles. The van der Waals surface area contributed by atoms with E-state index in [0.29, 0.717) is 17.1 Å². The minimum absolute atomic E-state index is 0.181.